The van der Waals surface area contributed by atoms with Crippen molar-refractivity contribution in [1.82, 2.24) is 29.6 Å². The van der Waals surface area contributed by atoms with Gasteiger partial charge in [0.2, 0.25) is 5.91 Å². The SMILES string of the molecule is Cc1ncc(NC(=O)CN(C)CC2CCCC2)cc1NC(=O)c1cnc2[nH]c(-c3cnn(C)c3)cc2c1. The number of carbonyl (C=O) groups excluding carboxylic acids is 2. The number of pyridine rings is 2. The first-order chi connectivity index (χ1) is 17.8. The van der Waals surface area contributed by atoms with Gasteiger partial charge in [-0.3, -0.25) is 24.2 Å². The fourth-order valence-corrected chi connectivity index (χ4v) is 4.92. The predicted molar refractivity (Wildman–Crippen MR) is 143 cm³/mol. The fraction of sp³-hybridized carbons (Fsp3) is 0.370. The average molecular weight is 501 g/mol. The summed E-state index contributed by atoms with van der Waals surface area (Å²) in [5, 5.41) is 10.8. The number of rotatable bonds is 8. The van der Waals surface area contributed by atoms with E-state index in [1.807, 2.05) is 33.3 Å². The van der Waals surface area contributed by atoms with Crippen LogP contribution in [0.15, 0.2) is 43.0 Å². The topological polar surface area (TPSA) is 121 Å². The summed E-state index contributed by atoms with van der Waals surface area (Å²) >= 11 is 0. The van der Waals surface area contributed by atoms with Crippen LogP contribution >= 0.6 is 0 Å². The molecule has 1 fully saturated rings. The quantitative estimate of drug-likeness (QED) is 0.337. The third-order valence-electron chi connectivity index (χ3n) is 6.83. The second-order valence-corrected chi connectivity index (χ2v) is 9.95. The molecule has 1 aliphatic rings. The Morgan fingerprint density at radius 2 is 1.92 bits per heavy atom. The van der Waals surface area contributed by atoms with Gasteiger partial charge < -0.3 is 15.6 Å². The van der Waals surface area contributed by atoms with E-state index in [4.69, 9.17) is 0 Å². The Labute approximate surface area is 215 Å². The van der Waals surface area contributed by atoms with Gasteiger partial charge in [-0.1, -0.05) is 12.8 Å². The number of nitrogens with one attached hydrogen (secondary N) is 3. The zero-order valence-electron chi connectivity index (χ0n) is 21.4. The maximum absolute atomic E-state index is 13.0. The molecular formula is C27H32N8O2. The van der Waals surface area contributed by atoms with Gasteiger partial charge in [0.05, 0.1) is 47.3 Å². The second-order valence-electron chi connectivity index (χ2n) is 9.95. The largest absolute Gasteiger partial charge is 0.339 e. The van der Waals surface area contributed by atoms with Crippen LogP contribution in [0.3, 0.4) is 0 Å². The number of hydrogen-bond acceptors (Lipinski definition) is 6. The summed E-state index contributed by atoms with van der Waals surface area (Å²) in [5.41, 5.74) is 4.66. The number of carbonyl (C=O) groups is 2. The molecule has 0 radical (unpaired) electrons. The van der Waals surface area contributed by atoms with Crippen molar-refractivity contribution < 1.29 is 9.59 Å². The first-order valence-electron chi connectivity index (χ1n) is 12.6. The zero-order chi connectivity index (χ0) is 25.9. The Hall–Kier alpha value is -4.05. The van der Waals surface area contributed by atoms with Crippen molar-refractivity contribution in [2.45, 2.75) is 32.6 Å². The maximum atomic E-state index is 13.0. The number of aromatic amines is 1. The first kappa shape index (κ1) is 24.6. The van der Waals surface area contributed by atoms with Gasteiger partial charge in [0.1, 0.15) is 5.65 Å². The lowest BCUT2D eigenvalue weighted by atomic mass is 10.1. The summed E-state index contributed by atoms with van der Waals surface area (Å²) in [4.78, 5) is 39.7. The van der Waals surface area contributed by atoms with Crippen LogP contribution < -0.4 is 10.6 Å². The number of nitrogens with zero attached hydrogens (tertiary/aromatic N) is 5. The minimum atomic E-state index is -0.303. The predicted octanol–water partition coefficient (Wildman–Crippen LogP) is 3.98. The van der Waals surface area contributed by atoms with Crippen LogP contribution in [0.4, 0.5) is 11.4 Å². The van der Waals surface area contributed by atoms with Crippen LogP contribution in [0.25, 0.3) is 22.3 Å². The fourth-order valence-electron chi connectivity index (χ4n) is 4.92. The van der Waals surface area contributed by atoms with Crippen LogP contribution in [-0.4, -0.2) is 61.6 Å². The molecule has 5 rings (SSSR count). The Balaban J connectivity index is 1.24. The molecule has 10 heteroatoms. The number of aryl methyl sites for hydroxylation is 2. The Morgan fingerprint density at radius 1 is 1.11 bits per heavy atom. The van der Waals surface area contributed by atoms with Crippen LogP contribution in [0.1, 0.15) is 41.7 Å². The van der Waals surface area contributed by atoms with Crippen molar-refractivity contribution >= 4 is 34.2 Å². The molecule has 0 aliphatic heterocycles. The van der Waals surface area contributed by atoms with Crippen molar-refractivity contribution in [3.63, 3.8) is 0 Å². The van der Waals surface area contributed by atoms with Crippen molar-refractivity contribution in [1.29, 1.82) is 0 Å². The highest BCUT2D eigenvalue weighted by Crippen LogP contribution is 2.26. The van der Waals surface area contributed by atoms with E-state index in [0.29, 0.717) is 40.7 Å². The highest BCUT2D eigenvalue weighted by molar-refractivity contribution is 6.06. The Morgan fingerprint density at radius 3 is 2.68 bits per heavy atom. The molecule has 10 nitrogen and oxygen atoms in total. The molecule has 0 unspecified atom stereocenters. The lowest BCUT2D eigenvalue weighted by Gasteiger charge is -2.20. The average Bonchev–Trinajstić information content (AvgIpc) is 3.61. The van der Waals surface area contributed by atoms with E-state index in [2.05, 4.69) is 35.6 Å². The normalized spacial score (nSPS) is 13.9. The van der Waals surface area contributed by atoms with Crippen LogP contribution in [-0.2, 0) is 11.8 Å². The van der Waals surface area contributed by atoms with Crippen molar-refractivity contribution in [2.24, 2.45) is 13.0 Å². The molecule has 2 amide bonds. The number of H-pyrrole nitrogens is 1. The molecule has 4 aromatic rings. The van der Waals surface area contributed by atoms with E-state index in [-0.39, 0.29) is 11.8 Å². The van der Waals surface area contributed by atoms with Crippen molar-refractivity contribution in [3.05, 3.63) is 54.2 Å². The van der Waals surface area contributed by atoms with Crippen LogP contribution in [0.5, 0.6) is 0 Å². The summed E-state index contributed by atoms with van der Waals surface area (Å²) in [6, 6.07) is 5.48. The molecule has 0 aromatic carbocycles. The van der Waals surface area contributed by atoms with Gasteiger partial charge in [0.15, 0.2) is 0 Å². The second kappa shape index (κ2) is 10.5. The molecule has 192 valence electrons. The van der Waals surface area contributed by atoms with E-state index in [1.165, 1.54) is 31.9 Å². The summed E-state index contributed by atoms with van der Waals surface area (Å²) in [5.74, 6) is 0.278. The van der Waals surface area contributed by atoms with E-state index >= 15 is 0 Å². The van der Waals surface area contributed by atoms with E-state index in [1.54, 1.807) is 29.2 Å². The van der Waals surface area contributed by atoms with Gasteiger partial charge in [0, 0.05) is 36.9 Å². The third-order valence-corrected chi connectivity index (χ3v) is 6.83. The number of aromatic nitrogens is 5. The minimum absolute atomic E-state index is 0.102. The zero-order valence-corrected chi connectivity index (χ0v) is 21.4. The standard InChI is InChI=1S/C27H32N8O2/c1-17-23(10-22(13-28-17)31-25(36)16-34(2)14-18-6-4-5-7-18)33-27(37)20-8-19-9-24(32-26(19)29-11-20)21-12-30-35(3)15-21/h8-13,15,18H,4-7,14,16H2,1-3H3,(H,29,32)(H,31,36)(H,33,37). The summed E-state index contributed by atoms with van der Waals surface area (Å²) in [6.07, 6.45) is 11.9. The first-order valence-corrected chi connectivity index (χ1v) is 12.6. The highest BCUT2D eigenvalue weighted by Gasteiger charge is 2.18. The number of fused-ring (bicyclic) bond motifs is 1. The molecule has 0 spiro atoms. The number of hydrogen-bond donors (Lipinski definition) is 3. The molecule has 0 bridgehead atoms. The van der Waals surface area contributed by atoms with Gasteiger partial charge in [-0.2, -0.15) is 5.10 Å². The number of amides is 2. The van der Waals surface area contributed by atoms with Crippen LogP contribution in [0.2, 0.25) is 0 Å². The van der Waals surface area contributed by atoms with E-state index < -0.39 is 0 Å². The lowest BCUT2D eigenvalue weighted by Crippen LogP contribution is -2.33. The Bertz CT molecular complexity index is 1430. The molecule has 1 aliphatic carbocycles. The van der Waals surface area contributed by atoms with E-state index in [0.717, 1.165) is 23.2 Å². The van der Waals surface area contributed by atoms with Gasteiger partial charge in [0.25, 0.3) is 5.91 Å². The number of likely N-dealkylation sites (N-methyl/N-ethyl adjacent to an activating group) is 1. The molecule has 1 saturated carbocycles. The third kappa shape index (κ3) is 5.86. The summed E-state index contributed by atoms with van der Waals surface area (Å²) in [6.45, 7) is 3.06. The van der Waals surface area contributed by atoms with Gasteiger partial charge in [-0.05, 0) is 50.9 Å². The van der Waals surface area contributed by atoms with Gasteiger partial charge >= 0.3 is 0 Å². The Kier molecular flexibility index (Phi) is 7.00. The molecule has 3 N–H and O–H groups in total. The minimum Gasteiger partial charge on any atom is -0.339 e. The summed E-state index contributed by atoms with van der Waals surface area (Å²) in [7, 11) is 3.84. The molecule has 0 atom stereocenters. The molecular weight excluding hydrogens is 468 g/mol. The smallest absolute Gasteiger partial charge is 0.257 e. The monoisotopic (exact) mass is 500 g/mol. The summed E-state index contributed by atoms with van der Waals surface area (Å²) < 4.78 is 1.73. The van der Waals surface area contributed by atoms with E-state index in [9.17, 15) is 9.59 Å². The van der Waals surface area contributed by atoms with Crippen molar-refractivity contribution in [2.75, 3.05) is 30.8 Å². The molecule has 0 saturated heterocycles. The molecule has 37 heavy (non-hydrogen) atoms. The molecule has 4 heterocycles. The lowest BCUT2D eigenvalue weighted by molar-refractivity contribution is -0.117. The maximum Gasteiger partial charge on any atom is 0.257 e. The highest BCUT2D eigenvalue weighted by atomic mass is 16.2. The van der Waals surface area contributed by atoms with Gasteiger partial charge in [-0.25, -0.2) is 4.98 Å². The van der Waals surface area contributed by atoms with Crippen molar-refractivity contribution in [3.8, 4) is 11.3 Å². The number of anilines is 2. The molecule has 4 aromatic heterocycles. The van der Waals surface area contributed by atoms with Crippen LogP contribution in [0, 0.1) is 12.8 Å². The van der Waals surface area contributed by atoms with Gasteiger partial charge in [-0.15, -0.1) is 0 Å².